The number of nitrogens with zero attached hydrogens (tertiary/aromatic N) is 2. The molecule has 3 aromatic carbocycles. The standard InChI is InChI=1S/C32H28Cl2N2O5S/c1-4-39-26-16-20(10-15-25(26)41-18-22-8-6-7-9-24(22)34)17-27-30(37)36-29(21-11-13-23(33)14-12-21)28(31(38)40-5-2)19(3)35-32(36)42-27/h6-17,29H,4-5,18H2,1-3H3/b27-17-. The highest BCUT2D eigenvalue weighted by Crippen LogP contribution is 2.32. The van der Waals surface area contributed by atoms with Gasteiger partial charge in [0, 0.05) is 15.6 Å². The van der Waals surface area contributed by atoms with E-state index in [1.165, 1.54) is 11.3 Å². The van der Waals surface area contributed by atoms with Gasteiger partial charge in [-0.3, -0.25) is 9.36 Å². The molecule has 0 spiro atoms. The van der Waals surface area contributed by atoms with Crippen LogP contribution in [0.4, 0.5) is 0 Å². The average Bonchev–Trinajstić information content (AvgIpc) is 3.27. The Morgan fingerprint density at radius 2 is 1.76 bits per heavy atom. The summed E-state index contributed by atoms with van der Waals surface area (Å²) in [4.78, 5) is 32.1. The second kappa shape index (κ2) is 13.0. The summed E-state index contributed by atoms with van der Waals surface area (Å²) in [5.74, 6) is 0.597. The van der Waals surface area contributed by atoms with Gasteiger partial charge < -0.3 is 14.2 Å². The fourth-order valence-corrected chi connectivity index (χ4v) is 6.04. The molecule has 7 nitrogen and oxygen atoms in total. The Hall–Kier alpha value is -3.85. The van der Waals surface area contributed by atoms with Crippen molar-refractivity contribution in [3.63, 3.8) is 0 Å². The molecule has 2 heterocycles. The number of fused-ring (bicyclic) bond motifs is 1. The van der Waals surface area contributed by atoms with Crippen LogP contribution in [-0.2, 0) is 16.1 Å². The first kappa shape index (κ1) is 29.6. The molecule has 10 heteroatoms. The number of hydrogen-bond acceptors (Lipinski definition) is 7. The van der Waals surface area contributed by atoms with Gasteiger partial charge in [0.25, 0.3) is 5.56 Å². The number of aromatic nitrogens is 1. The zero-order valence-electron chi connectivity index (χ0n) is 23.2. The molecule has 0 N–H and O–H groups in total. The summed E-state index contributed by atoms with van der Waals surface area (Å²) in [5, 5.41) is 1.18. The molecule has 0 aliphatic carbocycles. The lowest BCUT2D eigenvalue weighted by Crippen LogP contribution is -2.39. The van der Waals surface area contributed by atoms with E-state index in [1.807, 2.05) is 49.4 Å². The van der Waals surface area contributed by atoms with Gasteiger partial charge in [0.2, 0.25) is 0 Å². The molecule has 1 aliphatic heterocycles. The Morgan fingerprint density at radius 1 is 1.00 bits per heavy atom. The van der Waals surface area contributed by atoms with Gasteiger partial charge in [-0.25, -0.2) is 9.79 Å². The number of allylic oxidation sites excluding steroid dienone is 1. The monoisotopic (exact) mass is 622 g/mol. The lowest BCUT2D eigenvalue weighted by Gasteiger charge is -2.24. The number of esters is 1. The van der Waals surface area contributed by atoms with Gasteiger partial charge in [-0.05, 0) is 68.3 Å². The maximum Gasteiger partial charge on any atom is 0.338 e. The molecular formula is C32H28Cl2N2O5S. The van der Waals surface area contributed by atoms with Crippen molar-refractivity contribution in [1.82, 2.24) is 4.57 Å². The second-order valence-electron chi connectivity index (χ2n) is 9.37. The van der Waals surface area contributed by atoms with E-state index in [4.69, 9.17) is 37.4 Å². The summed E-state index contributed by atoms with van der Waals surface area (Å²) in [6.07, 6.45) is 1.78. The predicted octanol–water partition coefficient (Wildman–Crippen LogP) is 6.08. The van der Waals surface area contributed by atoms with Crippen LogP contribution in [0.5, 0.6) is 11.5 Å². The molecule has 0 bridgehead atoms. The summed E-state index contributed by atoms with van der Waals surface area (Å²) in [7, 11) is 0. The third-order valence-corrected chi connectivity index (χ3v) is 8.21. The molecule has 216 valence electrons. The van der Waals surface area contributed by atoms with E-state index in [2.05, 4.69) is 4.99 Å². The normalized spacial score (nSPS) is 14.8. The Bertz CT molecular complexity index is 1840. The molecular weight excluding hydrogens is 595 g/mol. The number of carbonyl (C=O) groups excluding carboxylic acids is 1. The van der Waals surface area contributed by atoms with Crippen LogP contribution in [0.3, 0.4) is 0 Å². The highest BCUT2D eigenvalue weighted by Gasteiger charge is 2.33. The Morgan fingerprint density at radius 3 is 2.48 bits per heavy atom. The van der Waals surface area contributed by atoms with Gasteiger partial charge in [-0.1, -0.05) is 70.9 Å². The van der Waals surface area contributed by atoms with E-state index in [0.717, 1.165) is 16.7 Å². The molecule has 1 aliphatic rings. The van der Waals surface area contributed by atoms with E-state index in [9.17, 15) is 9.59 Å². The third-order valence-electron chi connectivity index (χ3n) is 6.61. The topological polar surface area (TPSA) is 79.1 Å². The minimum Gasteiger partial charge on any atom is -0.490 e. The van der Waals surface area contributed by atoms with E-state index < -0.39 is 12.0 Å². The summed E-state index contributed by atoms with van der Waals surface area (Å²) in [6.45, 7) is 6.30. The minimum atomic E-state index is -0.709. The van der Waals surface area contributed by atoms with E-state index in [1.54, 1.807) is 48.8 Å². The number of ether oxygens (including phenoxy) is 3. The van der Waals surface area contributed by atoms with Gasteiger partial charge in [0.05, 0.1) is 35.1 Å². The quantitative estimate of drug-likeness (QED) is 0.211. The van der Waals surface area contributed by atoms with Gasteiger partial charge in [0.15, 0.2) is 16.3 Å². The molecule has 0 fully saturated rings. The molecule has 4 aromatic rings. The van der Waals surface area contributed by atoms with Gasteiger partial charge in [0.1, 0.15) is 6.61 Å². The van der Waals surface area contributed by atoms with Crippen molar-refractivity contribution in [2.75, 3.05) is 13.2 Å². The molecule has 0 saturated heterocycles. The number of carbonyl (C=O) groups is 1. The number of halogens is 2. The van der Waals surface area contributed by atoms with E-state index >= 15 is 0 Å². The van der Waals surface area contributed by atoms with Crippen LogP contribution in [0.15, 0.2) is 87.8 Å². The van der Waals surface area contributed by atoms with Crippen LogP contribution in [-0.4, -0.2) is 23.8 Å². The molecule has 1 unspecified atom stereocenters. The fraction of sp³-hybridized carbons (Fsp3) is 0.219. The highest BCUT2D eigenvalue weighted by molar-refractivity contribution is 7.07. The van der Waals surface area contributed by atoms with Crippen molar-refractivity contribution < 1.29 is 19.0 Å². The number of rotatable bonds is 9. The van der Waals surface area contributed by atoms with Gasteiger partial charge >= 0.3 is 5.97 Å². The average molecular weight is 624 g/mol. The SMILES string of the molecule is CCOC(=O)C1=C(C)N=c2s/c(=C\c3ccc(OCc4ccccc4Cl)c(OCC)c3)c(=O)n2C1c1ccc(Cl)cc1. The summed E-state index contributed by atoms with van der Waals surface area (Å²) >= 11 is 13.7. The van der Waals surface area contributed by atoms with Crippen molar-refractivity contribution >= 4 is 46.6 Å². The number of thiazole rings is 1. The predicted molar refractivity (Wildman–Crippen MR) is 165 cm³/mol. The van der Waals surface area contributed by atoms with E-state index in [0.29, 0.717) is 48.8 Å². The number of benzene rings is 3. The Balaban J connectivity index is 1.55. The van der Waals surface area contributed by atoms with Crippen LogP contribution in [0.25, 0.3) is 6.08 Å². The Labute approximate surface area is 256 Å². The molecule has 0 radical (unpaired) electrons. The summed E-state index contributed by atoms with van der Waals surface area (Å²) < 4.78 is 19.2. The first-order chi connectivity index (χ1) is 20.3. The lowest BCUT2D eigenvalue weighted by atomic mass is 9.96. The first-order valence-electron chi connectivity index (χ1n) is 13.4. The van der Waals surface area contributed by atoms with Crippen molar-refractivity contribution in [2.45, 2.75) is 33.4 Å². The van der Waals surface area contributed by atoms with Crippen molar-refractivity contribution in [2.24, 2.45) is 4.99 Å². The Kier molecular flexibility index (Phi) is 9.16. The molecule has 42 heavy (non-hydrogen) atoms. The maximum atomic E-state index is 13.9. The lowest BCUT2D eigenvalue weighted by molar-refractivity contribution is -0.139. The van der Waals surface area contributed by atoms with Crippen LogP contribution in [0.1, 0.15) is 43.5 Å². The van der Waals surface area contributed by atoms with Crippen LogP contribution >= 0.6 is 34.5 Å². The van der Waals surface area contributed by atoms with Crippen molar-refractivity contribution in [1.29, 1.82) is 0 Å². The number of hydrogen-bond donors (Lipinski definition) is 0. The first-order valence-corrected chi connectivity index (χ1v) is 15.0. The van der Waals surface area contributed by atoms with Crippen LogP contribution in [0.2, 0.25) is 10.0 Å². The smallest absolute Gasteiger partial charge is 0.338 e. The molecule has 1 aromatic heterocycles. The zero-order valence-corrected chi connectivity index (χ0v) is 25.6. The molecule has 1 atom stereocenters. The largest absolute Gasteiger partial charge is 0.490 e. The third kappa shape index (κ3) is 6.16. The fourth-order valence-electron chi connectivity index (χ4n) is 4.68. The van der Waals surface area contributed by atoms with Crippen LogP contribution in [0, 0.1) is 0 Å². The molecule has 0 saturated carbocycles. The second-order valence-corrected chi connectivity index (χ2v) is 11.2. The summed E-state index contributed by atoms with van der Waals surface area (Å²) in [5.41, 5.74) is 2.88. The van der Waals surface area contributed by atoms with Crippen molar-refractivity contribution in [3.05, 3.63) is 124 Å². The van der Waals surface area contributed by atoms with E-state index in [-0.39, 0.29) is 18.8 Å². The molecule has 0 amide bonds. The maximum absolute atomic E-state index is 13.9. The highest BCUT2D eigenvalue weighted by atomic mass is 35.5. The van der Waals surface area contributed by atoms with Crippen LogP contribution < -0.4 is 24.4 Å². The van der Waals surface area contributed by atoms with Crippen molar-refractivity contribution in [3.8, 4) is 11.5 Å². The zero-order chi connectivity index (χ0) is 29.8. The molecule has 5 rings (SSSR count). The summed E-state index contributed by atoms with van der Waals surface area (Å²) in [6, 6.07) is 19.4. The van der Waals surface area contributed by atoms with Gasteiger partial charge in [-0.15, -0.1) is 0 Å². The minimum absolute atomic E-state index is 0.202. The van der Waals surface area contributed by atoms with Gasteiger partial charge in [-0.2, -0.15) is 0 Å².